The van der Waals surface area contributed by atoms with Crippen molar-refractivity contribution < 1.29 is 19.4 Å². The van der Waals surface area contributed by atoms with E-state index in [2.05, 4.69) is 4.74 Å². The molecule has 0 aliphatic rings. The smallest absolute Gasteiger partial charge is 0.299 e. The molecular formula is C4H5BO4-. The molecule has 0 fully saturated rings. The first kappa shape index (κ1) is 8.00. The summed E-state index contributed by atoms with van der Waals surface area (Å²) in [5.41, 5.74) is 0. The van der Waals surface area contributed by atoms with Gasteiger partial charge in [0.1, 0.15) is 0 Å². The van der Waals surface area contributed by atoms with Crippen molar-refractivity contribution in [2.75, 3.05) is 0 Å². The number of aliphatic carboxylic acids is 1. The van der Waals surface area contributed by atoms with Crippen LogP contribution in [-0.2, 0) is 14.3 Å². The van der Waals surface area contributed by atoms with Gasteiger partial charge in [-0.3, -0.25) is 9.59 Å². The lowest BCUT2D eigenvalue weighted by Crippen LogP contribution is -2.25. The second kappa shape index (κ2) is 3.12. The third-order valence-electron chi connectivity index (χ3n) is 0.536. The predicted octanol–water partition coefficient (Wildman–Crippen LogP) is -0.871. The van der Waals surface area contributed by atoms with Crippen LogP contribution >= 0.6 is 0 Å². The second-order valence-corrected chi connectivity index (χ2v) is 1.37. The Hall–Kier alpha value is -0.995. The summed E-state index contributed by atoms with van der Waals surface area (Å²) < 4.78 is 4.05. The fourth-order valence-electron chi connectivity index (χ4n) is 0.229. The van der Waals surface area contributed by atoms with Crippen LogP contribution in [0.2, 0.25) is 0 Å². The molecule has 0 amide bonds. The average molecular weight is 128 g/mol. The van der Waals surface area contributed by atoms with E-state index in [0.717, 1.165) is 6.92 Å². The summed E-state index contributed by atoms with van der Waals surface area (Å²) >= 11 is 0. The van der Waals surface area contributed by atoms with Crippen molar-refractivity contribution in [1.82, 2.24) is 0 Å². The first-order valence-electron chi connectivity index (χ1n) is 2.19. The molecule has 9 heavy (non-hydrogen) atoms. The van der Waals surface area contributed by atoms with Crippen molar-refractivity contribution in [2.24, 2.45) is 0 Å². The van der Waals surface area contributed by atoms with Crippen molar-refractivity contribution in [1.29, 1.82) is 0 Å². The number of rotatable bonds is 2. The predicted molar refractivity (Wildman–Crippen MR) is 28.9 cm³/mol. The molecule has 0 bridgehead atoms. The molecule has 0 saturated carbocycles. The lowest BCUT2D eigenvalue weighted by Gasteiger charge is -2.17. The highest BCUT2D eigenvalue weighted by atomic mass is 16.6. The van der Waals surface area contributed by atoms with E-state index in [1.54, 1.807) is 0 Å². The highest BCUT2D eigenvalue weighted by molar-refractivity contribution is 6.22. The molecule has 0 aliphatic heterocycles. The molecule has 0 aromatic carbocycles. The van der Waals surface area contributed by atoms with Crippen LogP contribution < -0.4 is 0 Å². The van der Waals surface area contributed by atoms with Gasteiger partial charge in [0.25, 0.3) is 11.9 Å². The summed E-state index contributed by atoms with van der Waals surface area (Å²) in [6, 6.07) is -1.54. The Morgan fingerprint density at radius 1 is 1.67 bits per heavy atom. The molecule has 49 valence electrons. The van der Waals surface area contributed by atoms with Crippen molar-refractivity contribution in [3.8, 4) is 0 Å². The van der Waals surface area contributed by atoms with Gasteiger partial charge in [0.2, 0.25) is 0 Å². The molecule has 0 aliphatic carbocycles. The van der Waals surface area contributed by atoms with Crippen LogP contribution in [0, 0.1) is 0 Å². The van der Waals surface area contributed by atoms with Gasteiger partial charge in [0, 0.05) is 6.92 Å². The van der Waals surface area contributed by atoms with Crippen LogP contribution in [0.1, 0.15) is 6.92 Å². The molecule has 0 spiro atoms. The number of carbonyl (C=O) groups is 2. The Kier molecular flexibility index (Phi) is 2.77. The van der Waals surface area contributed by atoms with Gasteiger partial charge in [-0.15, -0.1) is 0 Å². The van der Waals surface area contributed by atoms with Gasteiger partial charge in [0.15, 0.2) is 0 Å². The molecule has 0 heterocycles. The fraction of sp³-hybridized carbons (Fsp3) is 0.500. The Labute approximate surface area is 53.2 Å². The van der Waals surface area contributed by atoms with Gasteiger partial charge in [-0.25, -0.2) is 0 Å². The number of carboxylic acid groups (broad SMARTS) is 1. The van der Waals surface area contributed by atoms with Gasteiger partial charge in [-0.05, 0) is 6.00 Å². The van der Waals surface area contributed by atoms with Crippen molar-refractivity contribution in [2.45, 2.75) is 12.9 Å². The third kappa shape index (κ3) is 3.58. The first-order chi connectivity index (χ1) is 4.04. The van der Waals surface area contributed by atoms with Gasteiger partial charge in [-0.1, -0.05) is 0 Å². The Morgan fingerprint density at radius 2 is 2.11 bits per heavy atom. The molecule has 0 aromatic heterocycles. The number of carbonyl (C=O) groups excluding carboxylic acids is 1. The summed E-state index contributed by atoms with van der Waals surface area (Å²) in [6.45, 7) is 1.09. The highest BCUT2D eigenvalue weighted by Gasteiger charge is 2.00. The van der Waals surface area contributed by atoms with Gasteiger partial charge in [0.05, 0.1) is 0 Å². The van der Waals surface area contributed by atoms with E-state index in [1.807, 2.05) is 0 Å². The van der Waals surface area contributed by atoms with E-state index < -0.39 is 17.9 Å². The van der Waals surface area contributed by atoms with Gasteiger partial charge >= 0.3 is 0 Å². The minimum Gasteiger partial charge on any atom is -0.550 e. The number of esters is 1. The lowest BCUT2D eigenvalue weighted by molar-refractivity contribution is -0.156. The molecule has 1 atom stereocenters. The summed E-state index contributed by atoms with van der Waals surface area (Å²) in [5, 5.41) is 8.03. The first-order valence-corrected chi connectivity index (χ1v) is 2.19. The molecule has 4 nitrogen and oxygen atoms in total. The lowest BCUT2D eigenvalue weighted by atomic mass is 10.0. The maximum atomic E-state index is 9.99. The summed E-state index contributed by atoms with van der Waals surface area (Å²) in [4.78, 5) is 19.8. The number of hydrogen-bond acceptors (Lipinski definition) is 3. The van der Waals surface area contributed by atoms with Crippen LogP contribution in [0.15, 0.2) is 0 Å². The Morgan fingerprint density at radius 3 is 2.22 bits per heavy atom. The summed E-state index contributed by atoms with van der Waals surface area (Å²) in [5.74, 6) is -2.06. The van der Waals surface area contributed by atoms with Gasteiger partial charge < -0.3 is 17.7 Å². The number of hydrogen-bond donors (Lipinski definition) is 1. The normalized spacial score (nSPS) is 12.2. The SMILES string of the molecule is [B-]C(OC(C)=O)C(=O)O. The van der Waals surface area contributed by atoms with E-state index in [-0.39, 0.29) is 0 Å². The Bertz CT molecular complexity index is 133. The Balaban J connectivity index is 3.63. The quantitative estimate of drug-likeness (QED) is 0.387. The molecule has 3 radical (unpaired) electrons. The molecule has 1 N–H and O–H groups in total. The topological polar surface area (TPSA) is 63.6 Å². The number of carboxylic acids is 1. The third-order valence-corrected chi connectivity index (χ3v) is 0.536. The summed E-state index contributed by atoms with van der Waals surface area (Å²) in [7, 11) is 4.77. The second-order valence-electron chi connectivity index (χ2n) is 1.37. The zero-order valence-electron chi connectivity index (χ0n) is 4.83. The maximum absolute atomic E-state index is 9.99. The van der Waals surface area contributed by atoms with E-state index in [0.29, 0.717) is 0 Å². The largest absolute Gasteiger partial charge is 0.550 e. The van der Waals surface area contributed by atoms with E-state index in [4.69, 9.17) is 13.0 Å². The van der Waals surface area contributed by atoms with Crippen LogP contribution in [0.5, 0.6) is 0 Å². The minimum atomic E-state index is -1.54. The summed E-state index contributed by atoms with van der Waals surface area (Å²) in [6.07, 6.45) is 0. The van der Waals surface area contributed by atoms with E-state index in [1.165, 1.54) is 0 Å². The standard InChI is InChI=1S/C4H5BO4/c1-2(6)9-3(5)4(7)8/h3H,1H3,(H,7,8)/q-1. The minimum absolute atomic E-state index is 0.704. The molecular weight excluding hydrogens is 123 g/mol. The molecule has 0 rings (SSSR count). The van der Waals surface area contributed by atoms with Crippen molar-refractivity contribution in [3.63, 3.8) is 0 Å². The van der Waals surface area contributed by atoms with Crippen molar-refractivity contribution >= 4 is 19.8 Å². The monoisotopic (exact) mass is 128 g/mol. The highest BCUT2D eigenvalue weighted by Crippen LogP contribution is 1.85. The molecule has 0 saturated heterocycles. The van der Waals surface area contributed by atoms with Crippen LogP contribution in [-0.4, -0.2) is 30.9 Å². The molecule has 1 unspecified atom stereocenters. The van der Waals surface area contributed by atoms with Crippen LogP contribution in [0.4, 0.5) is 0 Å². The zero-order chi connectivity index (χ0) is 7.44. The molecule has 5 heteroatoms. The van der Waals surface area contributed by atoms with Gasteiger partial charge in [-0.2, -0.15) is 0 Å². The maximum Gasteiger partial charge on any atom is 0.299 e. The molecule has 0 aromatic rings. The number of ether oxygens (including phenoxy) is 1. The van der Waals surface area contributed by atoms with E-state index in [9.17, 15) is 9.59 Å². The van der Waals surface area contributed by atoms with Crippen molar-refractivity contribution in [3.05, 3.63) is 0 Å². The van der Waals surface area contributed by atoms with Crippen LogP contribution in [0.25, 0.3) is 0 Å². The average Bonchev–Trinajstić information content (AvgIpc) is 1.63. The zero-order valence-corrected chi connectivity index (χ0v) is 4.83. The van der Waals surface area contributed by atoms with Crippen LogP contribution in [0.3, 0.4) is 0 Å². The van der Waals surface area contributed by atoms with E-state index >= 15 is 0 Å². The fourth-order valence-corrected chi connectivity index (χ4v) is 0.229.